The molecule has 0 fully saturated rings. The van der Waals surface area contributed by atoms with Crippen molar-refractivity contribution in [3.8, 4) is 0 Å². The van der Waals surface area contributed by atoms with E-state index in [1.165, 1.54) is 6.07 Å². The van der Waals surface area contributed by atoms with Crippen LogP contribution in [0.3, 0.4) is 0 Å². The number of aryl methyl sites for hydroxylation is 2. The number of hydrogen-bond donors (Lipinski definition) is 1. The van der Waals surface area contributed by atoms with Crippen LogP contribution in [-0.2, 0) is 0 Å². The van der Waals surface area contributed by atoms with Crippen molar-refractivity contribution in [1.29, 1.82) is 0 Å². The molecule has 2 rings (SSSR count). The summed E-state index contributed by atoms with van der Waals surface area (Å²) in [5.41, 5.74) is 2.27. The second-order valence-corrected chi connectivity index (χ2v) is 4.10. The zero-order chi connectivity index (χ0) is 13.1. The molecule has 0 aliphatic rings. The highest BCUT2D eigenvalue weighted by molar-refractivity contribution is 6.04. The zero-order valence-electron chi connectivity index (χ0n) is 10.2. The Labute approximate surface area is 105 Å². The van der Waals surface area contributed by atoms with Crippen LogP contribution < -0.4 is 5.32 Å². The number of nitrogens with zero attached hydrogens (tertiary/aromatic N) is 1. The van der Waals surface area contributed by atoms with Crippen LogP contribution in [0.25, 0.3) is 0 Å². The van der Waals surface area contributed by atoms with Gasteiger partial charge in [-0.05, 0) is 43.7 Å². The van der Waals surface area contributed by atoms with Gasteiger partial charge in [0.15, 0.2) is 0 Å². The smallest absolute Gasteiger partial charge is 0.255 e. The van der Waals surface area contributed by atoms with E-state index in [9.17, 15) is 9.18 Å². The summed E-state index contributed by atoms with van der Waals surface area (Å²) in [6.07, 6.45) is 1.61. The Morgan fingerprint density at radius 2 is 2.00 bits per heavy atom. The van der Waals surface area contributed by atoms with Crippen LogP contribution in [0.2, 0.25) is 0 Å². The average molecular weight is 244 g/mol. The molecular weight excluding hydrogens is 231 g/mol. The number of benzene rings is 1. The van der Waals surface area contributed by atoms with Crippen LogP contribution in [0.4, 0.5) is 10.1 Å². The lowest BCUT2D eigenvalue weighted by Crippen LogP contribution is -2.12. The SMILES string of the molecule is Cc1cc(NC(=O)c2ccc(C)c(F)c2)ccn1. The number of carbonyl (C=O) groups is 1. The molecule has 1 N–H and O–H groups in total. The number of hydrogen-bond acceptors (Lipinski definition) is 2. The second-order valence-electron chi connectivity index (χ2n) is 4.10. The molecule has 0 aliphatic carbocycles. The minimum absolute atomic E-state index is 0.299. The molecule has 0 unspecified atom stereocenters. The molecule has 0 atom stereocenters. The van der Waals surface area contributed by atoms with E-state index in [4.69, 9.17) is 0 Å². The van der Waals surface area contributed by atoms with Gasteiger partial charge in [0.1, 0.15) is 5.82 Å². The maximum absolute atomic E-state index is 13.4. The molecule has 4 heteroatoms. The first-order valence-electron chi connectivity index (χ1n) is 5.56. The second kappa shape index (κ2) is 4.96. The first-order chi connectivity index (χ1) is 8.56. The molecule has 0 bridgehead atoms. The van der Waals surface area contributed by atoms with Gasteiger partial charge in [-0.2, -0.15) is 0 Å². The van der Waals surface area contributed by atoms with Crippen molar-refractivity contribution in [1.82, 2.24) is 4.98 Å². The summed E-state index contributed by atoms with van der Waals surface area (Å²) in [5.74, 6) is -0.715. The molecule has 1 heterocycles. The molecule has 2 aromatic rings. The third-order valence-electron chi connectivity index (χ3n) is 2.59. The maximum Gasteiger partial charge on any atom is 0.255 e. The Morgan fingerprint density at radius 1 is 1.22 bits per heavy atom. The number of aromatic nitrogens is 1. The normalized spacial score (nSPS) is 10.2. The molecule has 0 aliphatic heterocycles. The van der Waals surface area contributed by atoms with Gasteiger partial charge in [0.05, 0.1) is 0 Å². The summed E-state index contributed by atoms with van der Waals surface area (Å²) in [7, 11) is 0. The Balaban J connectivity index is 2.19. The zero-order valence-corrected chi connectivity index (χ0v) is 10.2. The Bertz CT molecular complexity index is 596. The minimum Gasteiger partial charge on any atom is -0.322 e. The maximum atomic E-state index is 13.4. The van der Waals surface area contributed by atoms with E-state index < -0.39 is 0 Å². The predicted octanol–water partition coefficient (Wildman–Crippen LogP) is 3.09. The fourth-order valence-electron chi connectivity index (χ4n) is 1.56. The third-order valence-corrected chi connectivity index (χ3v) is 2.59. The van der Waals surface area contributed by atoms with Crippen molar-refractivity contribution in [2.24, 2.45) is 0 Å². The molecule has 1 amide bonds. The van der Waals surface area contributed by atoms with Gasteiger partial charge in [-0.1, -0.05) is 6.07 Å². The molecule has 3 nitrogen and oxygen atoms in total. The van der Waals surface area contributed by atoms with Crippen molar-refractivity contribution in [2.45, 2.75) is 13.8 Å². The third kappa shape index (κ3) is 2.71. The summed E-state index contributed by atoms with van der Waals surface area (Å²) in [4.78, 5) is 15.9. The number of anilines is 1. The highest BCUT2D eigenvalue weighted by Gasteiger charge is 2.08. The van der Waals surface area contributed by atoms with Gasteiger partial charge in [-0.25, -0.2) is 4.39 Å². The monoisotopic (exact) mass is 244 g/mol. The van der Waals surface area contributed by atoms with Crippen molar-refractivity contribution in [3.05, 3.63) is 59.2 Å². The van der Waals surface area contributed by atoms with Crippen molar-refractivity contribution in [2.75, 3.05) is 5.32 Å². The molecule has 18 heavy (non-hydrogen) atoms. The number of pyridine rings is 1. The van der Waals surface area contributed by atoms with E-state index in [0.29, 0.717) is 16.8 Å². The fourth-order valence-corrected chi connectivity index (χ4v) is 1.56. The van der Waals surface area contributed by atoms with Crippen LogP contribution >= 0.6 is 0 Å². The average Bonchev–Trinajstić information content (AvgIpc) is 2.32. The van der Waals surface area contributed by atoms with E-state index in [1.807, 2.05) is 6.92 Å². The highest BCUT2D eigenvalue weighted by Crippen LogP contribution is 2.12. The lowest BCUT2D eigenvalue weighted by Gasteiger charge is -2.06. The molecular formula is C14H13FN2O. The van der Waals surface area contributed by atoms with Gasteiger partial charge in [0.25, 0.3) is 5.91 Å². The van der Waals surface area contributed by atoms with Gasteiger partial charge in [0.2, 0.25) is 0 Å². The summed E-state index contributed by atoms with van der Waals surface area (Å²) < 4.78 is 13.4. The van der Waals surface area contributed by atoms with Crippen molar-refractivity contribution < 1.29 is 9.18 Å². The summed E-state index contributed by atoms with van der Waals surface area (Å²) in [5, 5.41) is 2.70. The molecule has 0 saturated carbocycles. The number of halogens is 1. The van der Waals surface area contributed by atoms with E-state index in [2.05, 4.69) is 10.3 Å². The molecule has 1 aromatic heterocycles. The first kappa shape index (κ1) is 12.2. The standard InChI is InChI=1S/C14H13FN2O/c1-9-3-4-11(8-13(9)15)14(18)17-12-5-6-16-10(2)7-12/h3-8H,1-2H3,(H,16,17,18). The largest absolute Gasteiger partial charge is 0.322 e. The van der Waals surface area contributed by atoms with Gasteiger partial charge >= 0.3 is 0 Å². The number of carbonyl (C=O) groups excluding carboxylic acids is 1. The van der Waals surface area contributed by atoms with E-state index >= 15 is 0 Å². The van der Waals surface area contributed by atoms with Crippen LogP contribution in [0.1, 0.15) is 21.6 Å². The van der Waals surface area contributed by atoms with Crippen molar-refractivity contribution >= 4 is 11.6 Å². The van der Waals surface area contributed by atoms with E-state index in [-0.39, 0.29) is 11.7 Å². The van der Waals surface area contributed by atoms with Crippen LogP contribution in [0.15, 0.2) is 36.5 Å². The van der Waals surface area contributed by atoms with Gasteiger partial charge < -0.3 is 5.32 Å². The summed E-state index contributed by atoms with van der Waals surface area (Å²) >= 11 is 0. The predicted molar refractivity (Wildman–Crippen MR) is 68.1 cm³/mol. The van der Waals surface area contributed by atoms with Crippen LogP contribution in [0.5, 0.6) is 0 Å². The van der Waals surface area contributed by atoms with Gasteiger partial charge in [0, 0.05) is 23.1 Å². The Kier molecular flexibility index (Phi) is 3.37. The lowest BCUT2D eigenvalue weighted by atomic mass is 10.1. The molecule has 0 saturated heterocycles. The number of rotatable bonds is 2. The Hall–Kier alpha value is -2.23. The highest BCUT2D eigenvalue weighted by atomic mass is 19.1. The van der Waals surface area contributed by atoms with Crippen LogP contribution in [0, 0.1) is 19.7 Å². The molecule has 92 valence electrons. The summed E-state index contributed by atoms with van der Waals surface area (Å²) in [6, 6.07) is 7.86. The molecule has 0 spiro atoms. The summed E-state index contributed by atoms with van der Waals surface area (Å²) in [6.45, 7) is 3.49. The van der Waals surface area contributed by atoms with E-state index in [1.54, 1.807) is 37.4 Å². The van der Waals surface area contributed by atoms with Crippen molar-refractivity contribution in [3.63, 3.8) is 0 Å². The topological polar surface area (TPSA) is 42.0 Å². The quantitative estimate of drug-likeness (QED) is 0.882. The Morgan fingerprint density at radius 3 is 2.67 bits per heavy atom. The molecule has 0 radical (unpaired) electrons. The minimum atomic E-state index is -0.381. The number of amides is 1. The number of nitrogens with one attached hydrogen (secondary N) is 1. The van der Waals surface area contributed by atoms with Gasteiger partial charge in [-0.3, -0.25) is 9.78 Å². The van der Waals surface area contributed by atoms with Crippen LogP contribution in [-0.4, -0.2) is 10.9 Å². The molecule has 1 aromatic carbocycles. The van der Waals surface area contributed by atoms with Gasteiger partial charge in [-0.15, -0.1) is 0 Å². The van der Waals surface area contributed by atoms with E-state index in [0.717, 1.165) is 5.69 Å². The fraction of sp³-hybridized carbons (Fsp3) is 0.143. The first-order valence-corrected chi connectivity index (χ1v) is 5.56. The lowest BCUT2D eigenvalue weighted by molar-refractivity contribution is 0.102.